The molecule has 26 heavy (non-hydrogen) atoms. The highest BCUT2D eigenvalue weighted by molar-refractivity contribution is 5.92. The van der Waals surface area contributed by atoms with Crippen molar-refractivity contribution >= 4 is 17.7 Å². The number of cyclic esters (lactones) is 1. The number of carbonyl (C=O) groups is 3. The van der Waals surface area contributed by atoms with Gasteiger partial charge in [-0.15, -0.1) is 0 Å². The standard InChI is InChI=1S/C19H22O7/c1-19-7-15(9-2-3-25-8-9)26-18(24)13(19)6-14(21)16-11(17(22)23)4-10(20)5-12(16)19/h2-3,8,10-13,15-16,20H,4-7H2,1H3,(H,22,23)/t10?,11?,12-,13-,15?,16-,19?/m1/s1. The van der Waals surface area contributed by atoms with E-state index in [0.29, 0.717) is 12.8 Å². The van der Waals surface area contributed by atoms with E-state index in [2.05, 4.69) is 0 Å². The first-order chi connectivity index (χ1) is 12.3. The van der Waals surface area contributed by atoms with E-state index in [0.717, 1.165) is 5.56 Å². The Hall–Kier alpha value is -2.15. The molecule has 4 unspecified atom stereocenters. The summed E-state index contributed by atoms with van der Waals surface area (Å²) in [5.41, 5.74) is 0.142. The molecule has 1 aromatic heterocycles. The number of hydrogen-bond acceptors (Lipinski definition) is 6. The minimum Gasteiger partial charge on any atom is -0.481 e. The summed E-state index contributed by atoms with van der Waals surface area (Å²) < 4.78 is 10.7. The second-order valence-corrected chi connectivity index (χ2v) is 8.12. The molecule has 0 spiro atoms. The predicted octanol–water partition coefficient (Wildman–Crippen LogP) is 1.95. The summed E-state index contributed by atoms with van der Waals surface area (Å²) in [4.78, 5) is 37.1. The van der Waals surface area contributed by atoms with Crippen LogP contribution >= 0.6 is 0 Å². The Kier molecular flexibility index (Phi) is 3.95. The molecule has 3 aliphatic rings. The molecule has 0 aromatic carbocycles. The zero-order valence-corrected chi connectivity index (χ0v) is 14.5. The molecule has 0 bridgehead atoms. The summed E-state index contributed by atoms with van der Waals surface area (Å²) in [6, 6.07) is 1.74. The Morgan fingerprint density at radius 3 is 2.73 bits per heavy atom. The number of fused-ring (bicyclic) bond motifs is 3. The van der Waals surface area contributed by atoms with Crippen LogP contribution < -0.4 is 0 Å². The van der Waals surface area contributed by atoms with Crippen LogP contribution in [0.1, 0.15) is 44.3 Å². The minimum atomic E-state index is -1.06. The largest absolute Gasteiger partial charge is 0.481 e. The maximum atomic E-state index is 12.7. The van der Waals surface area contributed by atoms with Gasteiger partial charge in [-0.25, -0.2) is 0 Å². The normalized spacial score (nSPS) is 42.5. The molecule has 4 rings (SSSR count). The van der Waals surface area contributed by atoms with Gasteiger partial charge in [0.1, 0.15) is 11.9 Å². The molecule has 2 aliphatic carbocycles. The van der Waals surface area contributed by atoms with Crippen LogP contribution in [-0.2, 0) is 19.1 Å². The number of carboxylic acids is 1. The van der Waals surface area contributed by atoms with E-state index in [1.807, 2.05) is 6.92 Å². The van der Waals surface area contributed by atoms with Crippen molar-refractivity contribution in [2.45, 2.75) is 44.8 Å². The number of carbonyl (C=O) groups excluding carboxylic acids is 2. The summed E-state index contributed by atoms with van der Waals surface area (Å²) in [6.45, 7) is 1.94. The zero-order valence-electron chi connectivity index (χ0n) is 14.5. The number of aliphatic hydroxyl groups is 1. The first-order valence-electron chi connectivity index (χ1n) is 8.97. The zero-order chi connectivity index (χ0) is 18.6. The number of aliphatic carboxylic acids is 1. The van der Waals surface area contributed by atoms with Crippen LogP contribution in [0.3, 0.4) is 0 Å². The number of aliphatic hydroxyl groups excluding tert-OH is 1. The maximum absolute atomic E-state index is 12.7. The minimum absolute atomic E-state index is 0.00841. The van der Waals surface area contributed by atoms with Crippen molar-refractivity contribution in [3.05, 3.63) is 24.2 Å². The van der Waals surface area contributed by atoms with Gasteiger partial charge in [-0.05, 0) is 36.7 Å². The van der Waals surface area contributed by atoms with E-state index in [1.165, 1.54) is 12.5 Å². The van der Waals surface area contributed by atoms with Crippen molar-refractivity contribution in [1.29, 1.82) is 0 Å². The number of ketones is 1. The third-order valence-electron chi connectivity index (χ3n) is 6.74. The Morgan fingerprint density at radius 1 is 1.31 bits per heavy atom. The van der Waals surface area contributed by atoms with Gasteiger partial charge in [-0.1, -0.05) is 6.92 Å². The van der Waals surface area contributed by atoms with Crippen LogP contribution in [0.25, 0.3) is 0 Å². The van der Waals surface area contributed by atoms with Gasteiger partial charge in [-0.3, -0.25) is 14.4 Å². The monoisotopic (exact) mass is 362 g/mol. The molecule has 2 heterocycles. The van der Waals surface area contributed by atoms with E-state index in [9.17, 15) is 24.6 Å². The average Bonchev–Trinajstić information content (AvgIpc) is 3.10. The van der Waals surface area contributed by atoms with Gasteiger partial charge < -0.3 is 19.4 Å². The van der Waals surface area contributed by atoms with Gasteiger partial charge >= 0.3 is 11.9 Å². The first-order valence-corrected chi connectivity index (χ1v) is 8.97. The number of hydrogen-bond donors (Lipinski definition) is 2. The number of rotatable bonds is 2. The Labute approximate surface area is 150 Å². The maximum Gasteiger partial charge on any atom is 0.310 e. The van der Waals surface area contributed by atoms with E-state index < -0.39 is 47.3 Å². The molecule has 7 nitrogen and oxygen atoms in total. The van der Waals surface area contributed by atoms with E-state index in [4.69, 9.17) is 9.15 Å². The summed E-state index contributed by atoms with van der Waals surface area (Å²) in [6.07, 6.45) is 2.67. The lowest BCUT2D eigenvalue weighted by Gasteiger charge is -2.56. The van der Waals surface area contributed by atoms with Crippen LogP contribution in [0.5, 0.6) is 0 Å². The average molecular weight is 362 g/mol. The lowest BCUT2D eigenvalue weighted by molar-refractivity contribution is -0.196. The van der Waals surface area contributed by atoms with Gasteiger partial charge in [0, 0.05) is 17.9 Å². The lowest BCUT2D eigenvalue weighted by atomic mass is 9.48. The third kappa shape index (κ3) is 2.48. The summed E-state index contributed by atoms with van der Waals surface area (Å²) >= 11 is 0. The fourth-order valence-corrected chi connectivity index (χ4v) is 5.42. The van der Waals surface area contributed by atoms with Crippen LogP contribution in [0.2, 0.25) is 0 Å². The summed E-state index contributed by atoms with van der Waals surface area (Å²) in [5, 5.41) is 19.8. The molecular weight excluding hydrogens is 340 g/mol. The molecule has 1 aliphatic heterocycles. The first kappa shape index (κ1) is 17.3. The number of furan rings is 1. The van der Waals surface area contributed by atoms with E-state index >= 15 is 0 Å². The van der Waals surface area contributed by atoms with Crippen molar-refractivity contribution in [2.24, 2.45) is 29.1 Å². The lowest BCUT2D eigenvalue weighted by Crippen LogP contribution is -2.59. The van der Waals surface area contributed by atoms with Crippen molar-refractivity contribution in [3.8, 4) is 0 Å². The molecular formula is C19H22O7. The molecule has 3 fully saturated rings. The van der Waals surface area contributed by atoms with Gasteiger partial charge in [0.15, 0.2) is 0 Å². The Morgan fingerprint density at radius 2 is 2.08 bits per heavy atom. The van der Waals surface area contributed by atoms with Gasteiger partial charge in [0.25, 0.3) is 0 Å². The van der Waals surface area contributed by atoms with Crippen LogP contribution in [0.4, 0.5) is 0 Å². The highest BCUT2D eigenvalue weighted by Gasteiger charge is 2.62. The van der Waals surface area contributed by atoms with Gasteiger partial charge in [-0.2, -0.15) is 0 Å². The van der Waals surface area contributed by atoms with Crippen molar-refractivity contribution in [2.75, 3.05) is 0 Å². The number of esters is 1. The number of carboxylic acid groups (broad SMARTS) is 1. The van der Waals surface area contributed by atoms with Crippen LogP contribution in [-0.4, -0.2) is 34.0 Å². The molecule has 140 valence electrons. The fourth-order valence-electron chi connectivity index (χ4n) is 5.42. The molecule has 7 heteroatoms. The molecule has 2 saturated carbocycles. The van der Waals surface area contributed by atoms with Crippen molar-refractivity contribution < 1.29 is 33.8 Å². The topological polar surface area (TPSA) is 114 Å². The third-order valence-corrected chi connectivity index (χ3v) is 6.74. The molecule has 1 saturated heterocycles. The van der Waals surface area contributed by atoms with Crippen LogP contribution in [0, 0.1) is 29.1 Å². The van der Waals surface area contributed by atoms with Gasteiger partial charge in [0.2, 0.25) is 0 Å². The molecule has 1 aromatic rings. The van der Waals surface area contributed by atoms with Crippen molar-refractivity contribution in [3.63, 3.8) is 0 Å². The van der Waals surface area contributed by atoms with Crippen molar-refractivity contribution in [1.82, 2.24) is 0 Å². The van der Waals surface area contributed by atoms with E-state index in [1.54, 1.807) is 6.07 Å². The number of Topliss-reactive ketones (excluding diaryl/α,β-unsaturated/α-hetero) is 1. The Bertz CT molecular complexity index is 739. The summed E-state index contributed by atoms with van der Waals surface area (Å²) in [5.74, 6) is -4.20. The second kappa shape index (κ2) is 5.94. The second-order valence-electron chi connectivity index (χ2n) is 8.12. The number of ether oxygens (including phenoxy) is 1. The molecule has 0 radical (unpaired) electrons. The fraction of sp³-hybridized carbons (Fsp3) is 0.632. The van der Waals surface area contributed by atoms with Crippen LogP contribution in [0.15, 0.2) is 23.0 Å². The molecule has 2 N–H and O–H groups in total. The molecule has 0 amide bonds. The van der Waals surface area contributed by atoms with E-state index in [-0.39, 0.29) is 24.5 Å². The predicted molar refractivity (Wildman–Crippen MR) is 86.7 cm³/mol. The highest BCUT2D eigenvalue weighted by Crippen LogP contribution is 2.59. The highest BCUT2D eigenvalue weighted by atomic mass is 16.5. The van der Waals surface area contributed by atoms with Gasteiger partial charge in [0.05, 0.1) is 30.5 Å². The quantitative estimate of drug-likeness (QED) is 0.773. The SMILES string of the molecule is CC12CC(c3ccoc3)OC(=O)[C@H]1CC(=O)[C@@H]1C(C(=O)O)CC(O)C[C@H]12. The molecule has 7 atom stereocenters. The smallest absolute Gasteiger partial charge is 0.310 e. The summed E-state index contributed by atoms with van der Waals surface area (Å²) in [7, 11) is 0. The Balaban J connectivity index is 1.73.